The average Bonchev–Trinajstić information content (AvgIpc) is 2.91. The molecule has 3 rings (SSSR count). The third-order valence-electron chi connectivity index (χ3n) is 3.33. The summed E-state index contributed by atoms with van der Waals surface area (Å²) in [5.41, 5.74) is 9.68. The summed E-state index contributed by atoms with van der Waals surface area (Å²) in [6.45, 7) is 6.28. The second-order valence-corrected chi connectivity index (χ2v) is 5.99. The Morgan fingerprint density at radius 1 is 1.32 bits per heavy atom. The SMILES string of the molecule is Cc1nc(C)c(C(C)n2cnc3cc(N)ccc32)s1. The summed E-state index contributed by atoms with van der Waals surface area (Å²) in [6.07, 6.45) is 1.88. The van der Waals surface area contributed by atoms with Crippen molar-refractivity contribution in [3.8, 4) is 0 Å². The van der Waals surface area contributed by atoms with E-state index in [0.29, 0.717) is 0 Å². The number of rotatable bonds is 2. The van der Waals surface area contributed by atoms with Crippen molar-refractivity contribution in [2.24, 2.45) is 0 Å². The van der Waals surface area contributed by atoms with Gasteiger partial charge in [0, 0.05) is 5.69 Å². The second-order valence-electron chi connectivity index (χ2n) is 4.76. The standard InChI is InChI=1S/C14H16N4S/c1-8-14(19-10(3)17-8)9(2)18-7-16-12-6-11(15)4-5-13(12)18/h4-7,9H,15H2,1-3H3. The molecule has 0 aliphatic heterocycles. The monoisotopic (exact) mass is 272 g/mol. The van der Waals surface area contributed by atoms with Crippen LogP contribution in [0.3, 0.4) is 0 Å². The first-order valence-electron chi connectivity index (χ1n) is 6.22. The van der Waals surface area contributed by atoms with Crippen LogP contribution in [0.2, 0.25) is 0 Å². The van der Waals surface area contributed by atoms with E-state index in [9.17, 15) is 0 Å². The molecule has 3 aromatic rings. The minimum atomic E-state index is 0.236. The zero-order chi connectivity index (χ0) is 13.6. The van der Waals surface area contributed by atoms with Gasteiger partial charge in [0.1, 0.15) is 0 Å². The Kier molecular flexibility index (Phi) is 2.78. The summed E-state index contributed by atoms with van der Waals surface area (Å²) in [7, 11) is 0. The molecule has 0 radical (unpaired) electrons. The molecule has 0 bridgehead atoms. The molecule has 1 unspecified atom stereocenters. The van der Waals surface area contributed by atoms with Crippen molar-refractivity contribution in [3.63, 3.8) is 0 Å². The van der Waals surface area contributed by atoms with Crippen LogP contribution in [0.4, 0.5) is 5.69 Å². The van der Waals surface area contributed by atoms with Gasteiger partial charge in [0.05, 0.1) is 39.0 Å². The Hall–Kier alpha value is -1.88. The van der Waals surface area contributed by atoms with Crippen LogP contribution in [0.25, 0.3) is 11.0 Å². The number of nitrogens with zero attached hydrogens (tertiary/aromatic N) is 3. The van der Waals surface area contributed by atoms with Crippen LogP contribution in [0, 0.1) is 13.8 Å². The second kappa shape index (κ2) is 4.35. The Morgan fingerprint density at radius 2 is 2.11 bits per heavy atom. The van der Waals surface area contributed by atoms with Crippen molar-refractivity contribution in [1.82, 2.24) is 14.5 Å². The number of benzene rings is 1. The molecule has 0 aliphatic rings. The van der Waals surface area contributed by atoms with Crippen molar-refractivity contribution in [2.45, 2.75) is 26.8 Å². The normalized spacial score (nSPS) is 13.0. The van der Waals surface area contributed by atoms with E-state index in [1.54, 1.807) is 11.3 Å². The third kappa shape index (κ3) is 2.00. The number of imidazole rings is 1. The van der Waals surface area contributed by atoms with E-state index in [0.717, 1.165) is 27.4 Å². The predicted octanol–water partition coefficient (Wildman–Crippen LogP) is 3.30. The lowest BCUT2D eigenvalue weighted by molar-refractivity contribution is 0.664. The lowest BCUT2D eigenvalue weighted by Gasteiger charge is -2.13. The van der Waals surface area contributed by atoms with Gasteiger partial charge < -0.3 is 10.3 Å². The number of nitrogen functional groups attached to an aromatic ring is 1. The predicted molar refractivity (Wildman–Crippen MR) is 79.5 cm³/mol. The van der Waals surface area contributed by atoms with E-state index in [2.05, 4.69) is 28.4 Å². The first-order valence-corrected chi connectivity index (χ1v) is 7.04. The molecule has 5 heteroatoms. The molecule has 0 saturated carbocycles. The number of fused-ring (bicyclic) bond motifs is 1. The molecule has 0 fully saturated rings. The van der Waals surface area contributed by atoms with Gasteiger partial charge in [0.15, 0.2) is 0 Å². The molecule has 0 aliphatic carbocycles. The lowest BCUT2D eigenvalue weighted by Crippen LogP contribution is -2.05. The van der Waals surface area contributed by atoms with Gasteiger partial charge in [-0.1, -0.05) is 0 Å². The average molecular weight is 272 g/mol. The van der Waals surface area contributed by atoms with Crippen LogP contribution in [-0.4, -0.2) is 14.5 Å². The van der Waals surface area contributed by atoms with Crippen LogP contribution in [0.5, 0.6) is 0 Å². The fraction of sp³-hybridized carbons (Fsp3) is 0.286. The van der Waals surface area contributed by atoms with Gasteiger partial charge in [-0.3, -0.25) is 0 Å². The topological polar surface area (TPSA) is 56.7 Å². The molecule has 0 spiro atoms. The molecule has 19 heavy (non-hydrogen) atoms. The number of hydrogen-bond donors (Lipinski definition) is 1. The highest BCUT2D eigenvalue weighted by Crippen LogP contribution is 2.30. The Labute approximate surface area is 115 Å². The Balaban J connectivity index is 2.11. The van der Waals surface area contributed by atoms with E-state index in [1.165, 1.54) is 4.88 Å². The molecule has 2 aromatic heterocycles. The highest BCUT2D eigenvalue weighted by Gasteiger charge is 2.16. The Morgan fingerprint density at radius 3 is 2.79 bits per heavy atom. The maximum absolute atomic E-state index is 5.79. The fourth-order valence-corrected chi connectivity index (χ4v) is 3.40. The molecule has 2 N–H and O–H groups in total. The number of aryl methyl sites for hydroxylation is 2. The number of hydrogen-bond acceptors (Lipinski definition) is 4. The third-order valence-corrected chi connectivity index (χ3v) is 4.58. The number of anilines is 1. The van der Waals surface area contributed by atoms with Crippen LogP contribution >= 0.6 is 11.3 Å². The molecular weight excluding hydrogens is 256 g/mol. The summed E-state index contributed by atoms with van der Waals surface area (Å²) in [5.74, 6) is 0. The molecule has 2 heterocycles. The summed E-state index contributed by atoms with van der Waals surface area (Å²) in [5, 5.41) is 1.10. The summed E-state index contributed by atoms with van der Waals surface area (Å²) < 4.78 is 2.18. The molecule has 1 aromatic carbocycles. The highest BCUT2D eigenvalue weighted by atomic mass is 32.1. The summed E-state index contributed by atoms with van der Waals surface area (Å²) >= 11 is 1.75. The van der Waals surface area contributed by atoms with E-state index in [4.69, 9.17) is 5.73 Å². The zero-order valence-corrected chi connectivity index (χ0v) is 12.0. The van der Waals surface area contributed by atoms with Crippen molar-refractivity contribution < 1.29 is 0 Å². The van der Waals surface area contributed by atoms with E-state index >= 15 is 0 Å². The smallest absolute Gasteiger partial charge is 0.0964 e. The van der Waals surface area contributed by atoms with Gasteiger partial charge in [-0.25, -0.2) is 9.97 Å². The molecule has 1 atom stereocenters. The maximum atomic E-state index is 5.79. The first kappa shape index (κ1) is 12.2. The van der Waals surface area contributed by atoms with Crippen molar-refractivity contribution >= 4 is 28.1 Å². The van der Waals surface area contributed by atoms with Crippen LogP contribution < -0.4 is 5.73 Å². The first-order chi connectivity index (χ1) is 9.06. The van der Waals surface area contributed by atoms with E-state index < -0.39 is 0 Å². The fourth-order valence-electron chi connectivity index (χ4n) is 2.42. The molecular formula is C14H16N4S. The molecule has 0 amide bonds. The van der Waals surface area contributed by atoms with Crippen LogP contribution in [-0.2, 0) is 0 Å². The van der Waals surface area contributed by atoms with E-state index in [1.807, 2.05) is 31.5 Å². The van der Waals surface area contributed by atoms with Crippen LogP contribution in [0.1, 0.15) is 28.5 Å². The zero-order valence-electron chi connectivity index (χ0n) is 11.2. The Bertz CT molecular complexity index is 741. The van der Waals surface area contributed by atoms with Gasteiger partial charge in [0.25, 0.3) is 0 Å². The van der Waals surface area contributed by atoms with Gasteiger partial charge in [0.2, 0.25) is 0 Å². The van der Waals surface area contributed by atoms with Gasteiger partial charge in [-0.15, -0.1) is 11.3 Å². The van der Waals surface area contributed by atoms with Crippen molar-refractivity contribution in [3.05, 3.63) is 40.1 Å². The quantitative estimate of drug-likeness (QED) is 0.728. The van der Waals surface area contributed by atoms with Crippen molar-refractivity contribution in [2.75, 3.05) is 5.73 Å². The number of nitrogens with two attached hydrogens (primary N) is 1. The van der Waals surface area contributed by atoms with Gasteiger partial charge in [-0.05, 0) is 39.0 Å². The molecule has 98 valence electrons. The minimum absolute atomic E-state index is 0.236. The largest absolute Gasteiger partial charge is 0.399 e. The summed E-state index contributed by atoms with van der Waals surface area (Å²) in [4.78, 5) is 10.2. The minimum Gasteiger partial charge on any atom is -0.399 e. The lowest BCUT2D eigenvalue weighted by atomic mass is 10.2. The number of thiazole rings is 1. The molecule has 0 saturated heterocycles. The van der Waals surface area contributed by atoms with Crippen molar-refractivity contribution in [1.29, 1.82) is 0 Å². The molecule has 4 nitrogen and oxygen atoms in total. The summed E-state index contributed by atoms with van der Waals surface area (Å²) in [6, 6.07) is 6.08. The number of aromatic nitrogens is 3. The maximum Gasteiger partial charge on any atom is 0.0964 e. The van der Waals surface area contributed by atoms with E-state index in [-0.39, 0.29) is 6.04 Å². The van der Waals surface area contributed by atoms with Crippen LogP contribution in [0.15, 0.2) is 24.5 Å². The van der Waals surface area contributed by atoms with Gasteiger partial charge in [-0.2, -0.15) is 0 Å². The highest BCUT2D eigenvalue weighted by molar-refractivity contribution is 7.11. The van der Waals surface area contributed by atoms with Gasteiger partial charge >= 0.3 is 0 Å².